The highest BCUT2D eigenvalue weighted by molar-refractivity contribution is 9.10. The van der Waals surface area contributed by atoms with E-state index < -0.39 is 0 Å². The molecule has 0 saturated heterocycles. The minimum absolute atomic E-state index is 0.942. The van der Waals surface area contributed by atoms with Crippen LogP contribution >= 0.6 is 15.9 Å². The first-order valence-electron chi connectivity index (χ1n) is 3.37. The first-order chi connectivity index (χ1) is 5.29. The monoisotopic (exact) mass is 210 g/mol. The van der Waals surface area contributed by atoms with Gasteiger partial charge in [0, 0.05) is 22.3 Å². The Morgan fingerprint density at radius 2 is 2.36 bits per heavy atom. The Balaban J connectivity index is 2.96. The molecule has 2 aromatic heterocycles. The van der Waals surface area contributed by atoms with Gasteiger partial charge in [0.1, 0.15) is 5.65 Å². The highest BCUT2D eigenvalue weighted by Gasteiger charge is 2.02. The minimum Gasteiger partial charge on any atom is -0.346 e. The largest absolute Gasteiger partial charge is 0.346 e. The van der Waals surface area contributed by atoms with Crippen LogP contribution in [0.5, 0.6) is 0 Å². The van der Waals surface area contributed by atoms with Crippen molar-refractivity contribution >= 4 is 27.0 Å². The second-order valence-electron chi connectivity index (χ2n) is 2.49. The van der Waals surface area contributed by atoms with Crippen molar-refractivity contribution in [3.05, 3.63) is 28.5 Å². The van der Waals surface area contributed by atoms with Crippen LogP contribution in [-0.4, -0.2) is 9.97 Å². The standard InChI is InChI=1S/C8H7BrN2/c1-5-4-11-8-7(5)6(9)2-3-10-8/h2-4H,1H3,(H,10,11). The molecular formula is C8H7BrN2. The van der Waals surface area contributed by atoms with Gasteiger partial charge in [0.25, 0.3) is 0 Å². The molecule has 0 bridgehead atoms. The SMILES string of the molecule is Cc1c[nH]c2nccc(Br)c12. The summed E-state index contributed by atoms with van der Waals surface area (Å²) in [7, 11) is 0. The molecule has 0 aliphatic rings. The second kappa shape index (κ2) is 2.34. The van der Waals surface area contributed by atoms with Gasteiger partial charge < -0.3 is 4.98 Å². The Morgan fingerprint density at radius 1 is 1.55 bits per heavy atom. The summed E-state index contributed by atoms with van der Waals surface area (Å²) in [5.41, 5.74) is 2.16. The highest BCUT2D eigenvalue weighted by Crippen LogP contribution is 2.24. The van der Waals surface area contributed by atoms with Gasteiger partial charge in [-0.2, -0.15) is 0 Å². The van der Waals surface area contributed by atoms with E-state index in [1.807, 2.05) is 12.3 Å². The predicted octanol–water partition coefficient (Wildman–Crippen LogP) is 2.63. The molecule has 0 spiro atoms. The third kappa shape index (κ3) is 0.959. The summed E-state index contributed by atoms with van der Waals surface area (Å²) >= 11 is 3.47. The Bertz CT molecular complexity index is 392. The van der Waals surface area contributed by atoms with E-state index in [2.05, 4.69) is 32.8 Å². The summed E-state index contributed by atoms with van der Waals surface area (Å²) in [5.74, 6) is 0. The van der Waals surface area contributed by atoms with Gasteiger partial charge >= 0.3 is 0 Å². The summed E-state index contributed by atoms with van der Waals surface area (Å²) in [6.07, 6.45) is 3.74. The maximum atomic E-state index is 4.18. The topological polar surface area (TPSA) is 28.7 Å². The Labute approximate surface area is 72.8 Å². The third-order valence-electron chi connectivity index (χ3n) is 1.72. The van der Waals surface area contributed by atoms with Gasteiger partial charge in [0.15, 0.2) is 0 Å². The number of nitrogens with one attached hydrogen (secondary N) is 1. The molecule has 2 heterocycles. The van der Waals surface area contributed by atoms with Gasteiger partial charge in [0.05, 0.1) is 0 Å². The predicted molar refractivity (Wildman–Crippen MR) is 48.5 cm³/mol. The quantitative estimate of drug-likeness (QED) is 0.712. The van der Waals surface area contributed by atoms with Crippen LogP contribution in [0.3, 0.4) is 0 Å². The average Bonchev–Trinajstić information content (AvgIpc) is 2.34. The smallest absolute Gasteiger partial charge is 0.138 e. The lowest BCUT2D eigenvalue weighted by Crippen LogP contribution is -1.75. The maximum absolute atomic E-state index is 4.18. The number of aromatic nitrogens is 2. The van der Waals surface area contributed by atoms with Gasteiger partial charge in [-0.3, -0.25) is 0 Å². The van der Waals surface area contributed by atoms with Gasteiger partial charge in [0.2, 0.25) is 0 Å². The fourth-order valence-electron chi connectivity index (χ4n) is 1.17. The first kappa shape index (κ1) is 6.85. The number of nitrogens with zero attached hydrogens (tertiary/aromatic N) is 1. The van der Waals surface area contributed by atoms with Crippen molar-refractivity contribution in [3.8, 4) is 0 Å². The van der Waals surface area contributed by atoms with Gasteiger partial charge in [-0.15, -0.1) is 0 Å². The van der Waals surface area contributed by atoms with Crippen LogP contribution < -0.4 is 0 Å². The van der Waals surface area contributed by atoms with Crippen molar-refractivity contribution in [3.63, 3.8) is 0 Å². The number of pyridine rings is 1. The van der Waals surface area contributed by atoms with Crippen molar-refractivity contribution < 1.29 is 0 Å². The molecule has 0 unspecified atom stereocenters. The summed E-state index contributed by atoms with van der Waals surface area (Å²) in [5, 5.41) is 1.17. The number of fused-ring (bicyclic) bond motifs is 1. The maximum Gasteiger partial charge on any atom is 0.138 e. The van der Waals surface area contributed by atoms with E-state index in [0.717, 1.165) is 10.1 Å². The Hall–Kier alpha value is -0.830. The van der Waals surface area contributed by atoms with Crippen LogP contribution in [0.15, 0.2) is 22.9 Å². The lowest BCUT2D eigenvalue weighted by Gasteiger charge is -1.92. The molecule has 0 amide bonds. The number of hydrogen-bond acceptors (Lipinski definition) is 1. The number of aromatic amines is 1. The van der Waals surface area contributed by atoms with E-state index in [0.29, 0.717) is 0 Å². The molecule has 1 N–H and O–H groups in total. The Morgan fingerprint density at radius 3 is 3.09 bits per heavy atom. The molecule has 0 aliphatic carbocycles. The summed E-state index contributed by atoms with van der Waals surface area (Å²) in [4.78, 5) is 7.26. The number of rotatable bonds is 0. The fraction of sp³-hybridized carbons (Fsp3) is 0.125. The fourth-order valence-corrected chi connectivity index (χ4v) is 1.79. The molecule has 2 rings (SSSR count). The molecule has 2 aromatic rings. The third-order valence-corrected chi connectivity index (χ3v) is 2.38. The van der Waals surface area contributed by atoms with Crippen molar-refractivity contribution in [1.29, 1.82) is 0 Å². The van der Waals surface area contributed by atoms with Gasteiger partial charge in [-0.25, -0.2) is 4.98 Å². The summed E-state index contributed by atoms with van der Waals surface area (Å²) in [6, 6.07) is 1.95. The van der Waals surface area contributed by atoms with Crippen molar-refractivity contribution in [2.45, 2.75) is 6.92 Å². The van der Waals surface area contributed by atoms with E-state index in [9.17, 15) is 0 Å². The van der Waals surface area contributed by atoms with Crippen LogP contribution in [-0.2, 0) is 0 Å². The van der Waals surface area contributed by atoms with Crippen molar-refractivity contribution in [2.24, 2.45) is 0 Å². The van der Waals surface area contributed by atoms with Crippen LogP contribution in [0.25, 0.3) is 11.0 Å². The van der Waals surface area contributed by atoms with E-state index in [4.69, 9.17) is 0 Å². The van der Waals surface area contributed by atoms with Crippen molar-refractivity contribution in [2.75, 3.05) is 0 Å². The second-order valence-corrected chi connectivity index (χ2v) is 3.34. The number of hydrogen-bond donors (Lipinski definition) is 1. The normalized spacial score (nSPS) is 10.7. The molecule has 0 radical (unpaired) electrons. The van der Waals surface area contributed by atoms with E-state index in [-0.39, 0.29) is 0 Å². The lowest BCUT2D eigenvalue weighted by molar-refractivity contribution is 1.32. The molecule has 0 aliphatic heterocycles. The van der Waals surface area contributed by atoms with Crippen molar-refractivity contribution in [1.82, 2.24) is 9.97 Å². The molecule has 0 atom stereocenters. The molecule has 0 fully saturated rings. The van der Waals surface area contributed by atoms with Gasteiger partial charge in [-0.1, -0.05) is 0 Å². The molecule has 0 saturated carbocycles. The van der Waals surface area contributed by atoms with Crippen LogP contribution in [0, 0.1) is 6.92 Å². The van der Waals surface area contributed by atoms with E-state index in [1.165, 1.54) is 10.9 Å². The summed E-state index contributed by atoms with van der Waals surface area (Å²) in [6.45, 7) is 2.06. The first-order valence-corrected chi connectivity index (χ1v) is 4.16. The van der Waals surface area contributed by atoms with Crippen LogP contribution in [0.2, 0.25) is 0 Å². The van der Waals surface area contributed by atoms with Crippen LogP contribution in [0.1, 0.15) is 5.56 Å². The zero-order chi connectivity index (χ0) is 7.84. The molecule has 11 heavy (non-hydrogen) atoms. The molecular weight excluding hydrogens is 204 g/mol. The van der Waals surface area contributed by atoms with E-state index in [1.54, 1.807) is 6.20 Å². The highest BCUT2D eigenvalue weighted by atomic mass is 79.9. The van der Waals surface area contributed by atoms with Gasteiger partial charge in [-0.05, 0) is 34.5 Å². The van der Waals surface area contributed by atoms with Crippen LogP contribution in [0.4, 0.5) is 0 Å². The minimum atomic E-state index is 0.942. The zero-order valence-electron chi connectivity index (χ0n) is 6.06. The zero-order valence-corrected chi connectivity index (χ0v) is 7.64. The summed E-state index contributed by atoms with van der Waals surface area (Å²) < 4.78 is 1.10. The average molecular weight is 211 g/mol. The number of aryl methyl sites for hydroxylation is 1. The molecule has 0 aromatic carbocycles. The number of H-pyrrole nitrogens is 1. The lowest BCUT2D eigenvalue weighted by atomic mass is 10.2. The van der Waals surface area contributed by atoms with E-state index >= 15 is 0 Å². The molecule has 2 nitrogen and oxygen atoms in total. The molecule has 56 valence electrons. The number of halogens is 1. The molecule has 3 heteroatoms. The Kier molecular flexibility index (Phi) is 1.46.